The fourth-order valence-corrected chi connectivity index (χ4v) is 4.49. The molecule has 1 amide bonds. The normalized spacial score (nSPS) is 14.6. The van der Waals surface area contributed by atoms with E-state index in [0.29, 0.717) is 42.8 Å². The third kappa shape index (κ3) is 4.88. The van der Waals surface area contributed by atoms with Gasteiger partial charge in [-0.25, -0.2) is 9.67 Å². The molecule has 0 atom stereocenters. The maximum absolute atomic E-state index is 12.8. The van der Waals surface area contributed by atoms with Gasteiger partial charge in [-0.05, 0) is 29.8 Å². The van der Waals surface area contributed by atoms with Crippen LogP contribution in [-0.4, -0.2) is 61.6 Å². The molecule has 3 heterocycles. The minimum absolute atomic E-state index is 0.0710. The second kappa shape index (κ2) is 9.79. The zero-order chi connectivity index (χ0) is 23.5. The summed E-state index contributed by atoms with van der Waals surface area (Å²) in [5, 5.41) is 5.49. The molecule has 0 radical (unpaired) electrons. The van der Waals surface area contributed by atoms with Crippen LogP contribution in [0.5, 0.6) is 0 Å². The Labute approximate surface area is 201 Å². The Morgan fingerprint density at radius 2 is 1.82 bits per heavy atom. The van der Waals surface area contributed by atoms with Crippen molar-refractivity contribution in [2.45, 2.75) is 19.4 Å². The predicted octanol–water partition coefficient (Wildman–Crippen LogP) is 3.04. The number of halogens is 1. The van der Waals surface area contributed by atoms with Crippen LogP contribution in [0.2, 0.25) is 5.02 Å². The number of piperazine rings is 1. The molecular weight excluding hydrogens is 452 g/mol. The molecule has 2 aromatic heterocycles. The van der Waals surface area contributed by atoms with E-state index in [1.165, 1.54) is 11.8 Å². The number of fused-ring (bicyclic) bond motifs is 1. The van der Waals surface area contributed by atoms with Crippen molar-refractivity contribution in [2.24, 2.45) is 0 Å². The molecule has 1 aliphatic rings. The Balaban J connectivity index is 1.20. The highest BCUT2D eigenvalue weighted by Crippen LogP contribution is 2.16. The zero-order valence-electron chi connectivity index (χ0n) is 18.7. The number of benzene rings is 2. The number of H-pyrrole nitrogens is 1. The standard InChI is InChI=1S/C25H25ClN6O2/c26-19-6-4-5-18(15-19)17-30-11-13-31(14-12-30)23(33)10-9-22-28-24-21(25(34)29-22)16-27-32(24)20-7-2-1-3-8-20/h1-8,15-16H,9-14,17H2,(H,28,29,34). The molecule has 1 saturated heterocycles. The summed E-state index contributed by atoms with van der Waals surface area (Å²) in [5.74, 6) is 0.560. The second-order valence-corrected chi connectivity index (χ2v) is 8.87. The van der Waals surface area contributed by atoms with Crippen molar-refractivity contribution in [1.82, 2.24) is 29.5 Å². The van der Waals surface area contributed by atoms with Gasteiger partial charge in [0.05, 0.1) is 11.9 Å². The van der Waals surface area contributed by atoms with Gasteiger partial charge in [0, 0.05) is 50.6 Å². The largest absolute Gasteiger partial charge is 0.340 e. The minimum atomic E-state index is -0.246. The maximum atomic E-state index is 12.8. The third-order valence-electron chi connectivity index (χ3n) is 6.08. The summed E-state index contributed by atoms with van der Waals surface area (Å²) >= 11 is 6.08. The molecule has 1 fully saturated rings. The number of hydrogen-bond donors (Lipinski definition) is 1. The van der Waals surface area contributed by atoms with E-state index in [2.05, 4.69) is 26.0 Å². The van der Waals surface area contributed by atoms with Gasteiger partial charge in [-0.1, -0.05) is 41.9 Å². The quantitative estimate of drug-likeness (QED) is 0.462. The summed E-state index contributed by atoms with van der Waals surface area (Å²) in [6.07, 6.45) is 2.18. The lowest BCUT2D eigenvalue weighted by Gasteiger charge is -2.34. The first kappa shape index (κ1) is 22.3. The van der Waals surface area contributed by atoms with Crippen molar-refractivity contribution < 1.29 is 4.79 Å². The maximum Gasteiger partial charge on any atom is 0.262 e. The molecule has 0 unspecified atom stereocenters. The predicted molar refractivity (Wildman–Crippen MR) is 131 cm³/mol. The van der Waals surface area contributed by atoms with Crippen LogP contribution in [0.25, 0.3) is 16.7 Å². The Bertz CT molecular complexity index is 1360. The first-order chi connectivity index (χ1) is 16.6. The van der Waals surface area contributed by atoms with Gasteiger partial charge in [0.2, 0.25) is 5.91 Å². The lowest BCUT2D eigenvalue weighted by atomic mass is 10.2. The number of carbonyl (C=O) groups excluding carboxylic acids is 1. The van der Waals surface area contributed by atoms with Gasteiger partial charge in [0.25, 0.3) is 5.56 Å². The number of aromatic amines is 1. The molecule has 8 nitrogen and oxygen atoms in total. The van der Waals surface area contributed by atoms with Crippen molar-refractivity contribution in [3.05, 3.63) is 87.6 Å². The summed E-state index contributed by atoms with van der Waals surface area (Å²) in [5.41, 5.74) is 2.25. The zero-order valence-corrected chi connectivity index (χ0v) is 19.4. The summed E-state index contributed by atoms with van der Waals surface area (Å²) in [6, 6.07) is 17.4. The van der Waals surface area contributed by atoms with Gasteiger partial charge < -0.3 is 9.88 Å². The Morgan fingerprint density at radius 3 is 2.59 bits per heavy atom. The number of rotatable bonds is 6. The molecule has 5 rings (SSSR count). The molecule has 9 heteroatoms. The van der Waals surface area contributed by atoms with Crippen LogP contribution in [0.1, 0.15) is 17.8 Å². The third-order valence-corrected chi connectivity index (χ3v) is 6.32. The van der Waals surface area contributed by atoms with Crippen molar-refractivity contribution in [3.8, 4) is 5.69 Å². The van der Waals surface area contributed by atoms with Gasteiger partial charge in [-0.2, -0.15) is 5.10 Å². The number of para-hydroxylation sites is 1. The Kier molecular flexibility index (Phi) is 6.42. The Morgan fingerprint density at radius 1 is 1.03 bits per heavy atom. The van der Waals surface area contributed by atoms with E-state index in [0.717, 1.165) is 30.3 Å². The molecule has 4 aromatic rings. The summed E-state index contributed by atoms with van der Waals surface area (Å²) in [7, 11) is 0. The van der Waals surface area contributed by atoms with Crippen molar-refractivity contribution in [3.63, 3.8) is 0 Å². The van der Waals surface area contributed by atoms with Crippen LogP contribution >= 0.6 is 11.6 Å². The monoisotopic (exact) mass is 476 g/mol. The van der Waals surface area contributed by atoms with E-state index in [9.17, 15) is 9.59 Å². The van der Waals surface area contributed by atoms with E-state index in [1.807, 2.05) is 53.4 Å². The van der Waals surface area contributed by atoms with Gasteiger partial charge in [-0.3, -0.25) is 14.5 Å². The highest BCUT2D eigenvalue weighted by Gasteiger charge is 2.21. The summed E-state index contributed by atoms with van der Waals surface area (Å²) in [4.78, 5) is 37.0. The number of carbonyl (C=O) groups is 1. The van der Waals surface area contributed by atoms with Crippen LogP contribution in [0, 0.1) is 0 Å². The summed E-state index contributed by atoms with van der Waals surface area (Å²) in [6.45, 7) is 3.82. The number of hydrogen-bond acceptors (Lipinski definition) is 5. The molecule has 2 aromatic carbocycles. The van der Waals surface area contributed by atoms with E-state index in [1.54, 1.807) is 4.68 Å². The fourth-order valence-electron chi connectivity index (χ4n) is 4.27. The molecule has 1 aliphatic heterocycles. The molecule has 34 heavy (non-hydrogen) atoms. The first-order valence-electron chi connectivity index (χ1n) is 11.3. The molecule has 0 aliphatic carbocycles. The second-order valence-electron chi connectivity index (χ2n) is 8.43. The SMILES string of the molecule is O=C(CCc1nc2c(cnn2-c2ccccc2)c(=O)[nH]1)N1CCN(Cc2cccc(Cl)c2)CC1. The van der Waals surface area contributed by atoms with Gasteiger partial charge in [-0.15, -0.1) is 0 Å². The highest BCUT2D eigenvalue weighted by atomic mass is 35.5. The van der Waals surface area contributed by atoms with Crippen LogP contribution in [0.3, 0.4) is 0 Å². The van der Waals surface area contributed by atoms with Crippen LogP contribution in [-0.2, 0) is 17.8 Å². The van der Waals surface area contributed by atoms with Gasteiger partial charge in [0.1, 0.15) is 11.2 Å². The average molecular weight is 477 g/mol. The molecule has 0 spiro atoms. The molecule has 0 bridgehead atoms. The van der Waals surface area contributed by atoms with E-state index < -0.39 is 0 Å². The van der Waals surface area contributed by atoms with Gasteiger partial charge in [0.15, 0.2) is 5.65 Å². The van der Waals surface area contributed by atoms with Crippen molar-refractivity contribution in [1.29, 1.82) is 0 Å². The van der Waals surface area contributed by atoms with Gasteiger partial charge >= 0.3 is 0 Å². The first-order valence-corrected chi connectivity index (χ1v) is 11.7. The lowest BCUT2D eigenvalue weighted by molar-refractivity contribution is -0.133. The average Bonchev–Trinajstić information content (AvgIpc) is 3.28. The molecule has 1 N–H and O–H groups in total. The smallest absolute Gasteiger partial charge is 0.262 e. The van der Waals surface area contributed by atoms with E-state index in [-0.39, 0.29) is 11.5 Å². The number of nitrogens with zero attached hydrogens (tertiary/aromatic N) is 5. The number of aryl methyl sites for hydroxylation is 1. The van der Waals surface area contributed by atoms with E-state index >= 15 is 0 Å². The number of aromatic nitrogens is 4. The van der Waals surface area contributed by atoms with Crippen LogP contribution in [0.4, 0.5) is 0 Å². The fraction of sp³-hybridized carbons (Fsp3) is 0.280. The number of amides is 1. The number of nitrogens with one attached hydrogen (secondary N) is 1. The summed E-state index contributed by atoms with van der Waals surface area (Å²) < 4.78 is 1.65. The van der Waals surface area contributed by atoms with Crippen LogP contribution < -0.4 is 5.56 Å². The molecule has 0 saturated carbocycles. The van der Waals surface area contributed by atoms with Crippen molar-refractivity contribution >= 4 is 28.5 Å². The Hall–Kier alpha value is -3.49. The molecular formula is C25H25ClN6O2. The minimum Gasteiger partial charge on any atom is -0.340 e. The van der Waals surface area contributed by atoms with Crippen molar-refractivity contribution in [2.75, 3.05) is 26.2 Å². The van der Waals surface area contributed by atoms with Crippen LogP contribution in [0.15, 0.2) is 65.6 Å². The lowest BCUT2D eigenvalue weighted by Crippen LogP contribution is -2.48. The molecule has 174 valence electrons. The topological polar surface area (TPSA) is 87.1 Å². The van der Waals surface area contributed by atoms with E-state index in [4.69, 9.17) is 11.6 Å². The highest BCUT2D eigenvalue weighted by molar-refractivity contribution is 6.30.